The number of hydrogen-bond acceptors (Lipinski definition) is 3. The molecule has 3 nitrogen and oxygen atoms in total. The minimum absolute atomic E-state index is 0.0884. The molecule has 1 aromatic heterocycles. The summed E-state index contributed by atoms with van der Waals surface area (Å²) in [5.41, 5.74) is 5.72. The molecule has 4 heteroatoms. The topological polar surface area (TPSA) is 36.1 Å². The minimum Gasteiger partial charge on any atom is -0.361 e. The van der Waals surface area contributed by atoms with Crippen molar-refractivity contribution >= 4 is 39.3 Å². The van der Waals surface area contributed by atoms with E-state index in [4.69, 9.17) is 12.2 Å². The predicted molar refractivity (Wildman–Crippen MR) is 120 cm³/mol. The number of carbonyl (C=O) groups is 1. The van der Waals surface area contributed by atoms with Crippen LogP contribution in [-0.2, 0) is 6.42 Å². The summed E-state index contributed by atoms with van der Waals surface area (Å²) in [6.45, 7) is 2.08. The van der Waals surface area contributed by atoms with Crippen molar-refractivity contribution in [1.29, 1.82) is 0 Å². The van der Waals surface area contributed by atoms with Crippen LogP contribution in [0.1, 0.15) is 34.3 Å². The van der Waals surface area contributed by atoms with Crippen LogP contribution in [0.5, 0.6) is 0 Å². The number of aromatic nitrogens is 1. The Morgan fingerprint density at radius 3 is 2.75 bits per heavy atom. The number of thiocarbonyl (C=S) groups is 1. The number of nitrogens with one attached hydrogen (secondary N) is 1. The lowest BCUT2D eigenvalue weighted by Crippen LogP contribution is -2.23. The summed E-state index contributed by atoms with van der Waals surface area (Å²) in [6, 6.07) is 15.8. The number of H-pyrrole nitrogens is 1. The van der Waals surface area contributed by atoms with Crippen LogP contribution >= 0.6 is 12.2 Å². The number of rotatable bonds is 6. The lowest BCUT2D eigenvalue weighted by molar-refractivity contribution is 0.100. The summed E-state index contributed by atoms with van der Waals surface area (Å²) in [6.07, 6.45) is 6.47. The molecular formula is C24H24N2OS. The van der Waals surface area contributed by atoms with E-state index >= 15 is 0 Å². The van der Waals surface area contributed by atoms with E-state index in [9.17, 15) is 4.79 Å². The molecule has 0 saturated carbocycles. The maximum Gasteiger partial charge on any atom is 0.167 e. The van der Waals surface area contributed by atoms with Crippen LogP contribution in [0.2, 0.25) is 0 Å². The number of likely N-dealkylation sites (N-methyl/N-ethyl adjacent to an activating group) is 1. The van der Waals surface area contributed by atoms with Crippen molar-refractivity contribution in [1.82, 2.24) is 9.88 Å². The number of nitrogens with zero attached hydrogens (tertiary/aromatic N) is 1. The fraction of sp³-hybridized carbons (Fsp3) is 0.250. The van der Waals surface area contributed by atoms with Gasteiger partial charge in [-0.2, -0.15) is 0 Å². The van der Waals surface area contributed by atoms with E-state index in [1.807, 2.05) is 30.3 Å². The molecule has 1 N–H and O–H groups in total. The van der Waals surface area contributed by atoms with Gasteiger partial charge in [0.05, 0.1) is 0 Å². The number of benzene rings is 2. The van der Waals surface area contributed by atoms with Gasteiger partial charge in [-0.3, -0.25) is 4.79 Å². The summed E-state index contributed by atoms with van der Waals surface area (Å²) in [5.74, 6) is 0.0884. The molecular weight excluding hydrogens is 364 g/mol. The monoisotopic (exact) mass is 388 g/mol. The third-order valence-corrected chi connectivity index (χ3v) is 5.65. The molecule has 2 aromatic carbocycles. The zero-order valence-electron chi connectivity index (χ0n) is 16.1. The second-order valence-corrected chi connectivity index (χ2v) is 8.08. The van der Waals surface area contributed by atoms with E-state index in [0.29, 0.717) is 12.8 Å². The van der Waals surface area contributed by atoms with Gasteiger partial charge in [-0.1, -0.05) is 54.7 Å². The normalized spacial score (nSPS) is 14.8. The van der Waals surface area contributed by atoms with E-state index in [0.717, 1.165) is 41.0 Å². The Bertz CT molecular complexity index is 1050. The van der Waals surface area contributed by atoms with Crippen LogP contribution in [0.25, 0.3) is 16.5 Å². The van der Waals surface area contributed by atoms with Crippen LogP contribution in [-0.4, -0.2) is 40.7 Å². The van der Waals surface area contributed by atoms with Crippen LogP contribution in [0, 0.1) is 0 Å². The highest BCUT2D eigenvalue weighted by Crippen LogP contribution is 2.30. The predicted octanol–water partition coefficient (Wildman–Crippen LogP) is 5.07. The van der Waals surface area contributed by atoms with Crippen LogP contribution in [0.15, 0.2) is 60.8 Å². The van der Waals surface area contributed by atoms with Crippen molar-refractivity contribution in [3.63, 3.8) is 0 Å². The highest BCUT2D eigenvalue weighted by atomic mass is 32.1. The Hall–Kier alpha value is -2.56. The molecule has 28 heavy (non-hydrogen) atoms. The van der Waals surface area contributed by atoms with Crippen LogP contribution in [0.4, 0.5) is 0 Å². The molecule has 0 saturated heterocycles. The van der Waals surface area contributed by atoms with E-state index in [2.05, 4.69) is 47.4 Å². The maximum absolute atomic E-state index is 12.4. The molecule has 1 aliphatic heterocycles. The van der Waals surface area contributed by atoms with Crippen molar-refractivity contribution in [2.75, 3.05) is 20.1 Å². The van der Waals surface area contributed by atoms with Crippen molar-refractivity contribution < 1.29 is 4.79 Å². The Morgan fingerprint density at radius 1 is 1.18 bits per heavy atom. The second kappa shape index (κ2) is 8.21. The molecule has 0 spiro atoms. The largest absolute Gasteiger partial charge is 0.361 e. The molecule has 4 rings (SSSR count). The summed E-state index contributed by atoms with van der Waals surface area (Å²) in [7, 11) is 2.15. The van der Waals surface area contributed by atoms with Crippen molar-refractivity contribution in [2.45, 2.75) is 19.3 Å². The third-order valence-electron chi connectivity index (χ3n) is 5.36. The van der Waals surface area contributed by atoms with Gasteiger partial charge >= 0.3 is 0 Å². The smallest absolute Gasteiger partial charge is 0.167 e. The average Bonchev–Trinajstić information content (AvgIpc) is 3.12. The fourth-order valence-electron chi connectivity index (χ4n) is 3.75. The highest BCUT2D eigenvalue weighted by molar-refractivity contribution is 7.80. The number of Topliss-reactive ketones (excluding diaryl/α,β-unsaturated/α-hetero) is 1. The molecule has 0 atom stereocenters. The minimum atomic E-state index is 0.0884. The molecule has 2 heterocycles. The van der Waals surface area contributed by atoms with Crippen LogP contribution in [0.3, 0.4) is 0 Å². The number of hydrogen-bond donors (Lipinski definition) is 1. The molecule has 0 radical (unpaired) electrons. The molecule has 0 unspecified atom stereocenters. The Kier molecular flexibility index (Phi) is 5.51. The van der Waals surface area contributed by atoms with Gasteiger partial charge in [0.1, 0.15) is 0 Å². The van der Waals surface area contributed by atoms with E-state index in [1.165, 1.54) is 16.5 Å². The molecule has 1 aliphatic rings. The molecule has 0 fully saturated rings. The van der Waals surface area contributed by atoms with Crippen LogP contribution < -0.4 is 0 Å². The van der Waals surface area contributed by atoms with Gasteiger partial charge in [-0.25, -0.2) is 0 Å². The summed E-state index contributed by atoms with van der Waals surface area (Å²) in [4.78, 5) is 18.9. The maximum atomic E-state index is 12.4. The first kappa shape index (κ1) is 18.8. The van der Waals surface area contributed by atoms with Crippen molar-refractivity contribution in [2.24, 2.45) is 0 Å². The SMILES string of the molecule is CN1CC=C(c2c[nH]c3ccc(CC(=S)CC(=O)c4ccccc4)cc23)CC1. The van der Waals surface area contributed by atoms with Gasteiger partial charge in [0.25, 0.3) is 0 Å². The zero-order chi connectivity index (χ0) is 19.5. The van der Waals surface area contributed by atoms with Crippen molar-refractivity contribution in [3.05, 3.63) is 77.5 Å². The molecule has 0 aliphatic carbocycles. The second-order valence-electron chi connectivity index (χ2n) is 7.51. The third kappa shape index (κ3) is 4.13. The quantitative estimate of drug-likeness (QED) is 0.473. The van der Waals surface area contributed by atoms with Gasteiger partial charge < -0.3 is 9.88 Å². The average molecular weight is 389 g/mol. The van der Waals surface area contributed by atoms with E-state index < -0.39 is 0 Å². The summed E-state index contributed by atoms with van der Waals surface area (Å²) in [5, 5.41) is 1.24. The molecule has 142 valence electrons. The number of ketones is 1. The lowest BCUT2D eigenvalue weighted by Gasteiger charge is -2.21. The zero-order valence-corrected chi connectivity index (χ0v) is 16.9. The summed E-state index contributed by atoms with van der Waals surface area (Å²) >= 11 is 5.54. The number of carbonyl (C=O) groups excluding carboxylic acids is 1. The standard InChI is InChI=1S/C24H24N2OS/c1-26-11-9-18(10-12-26)22-16-25-23-8-7-17(14-21(22)23)13-20(28)15-24(27)19-5-3-2-4-6-19/h2-9,14,16,25H,10-13,15H2,1H3. The van der Waals surface area contributed by atoms with E-state index in [-0.39, 0.29) is 5.78 Å². The van der Waals surface area contributed by atoms with Gasteiger partial charge in [0.15, 0.2) is 5.78 Å². The Labute approximate surface area is 171 Å². The molecule has 0 bridgehead atoms. The lowest BCUT2D eigenvalue weighted by atomic mass is 9.96. The van der Waals surface area contributed by atoms with Gasteiger partial charge in [0, 0.05) is 59.0 Å². The first-order chi connectivity index (χ1) is 13.6. The first-order valence-electron chi connectivity index (χ1n) is 9.68. The highest BCUT2D eigenvalue weighted by Gasteiger charge is 2.15. The number of aromatic amines is 1. The molecule has 0 amide bonds. The van der Waals surface area contributed by atoms with Gasteiger partial charge in [0.2, 0.25) is 0 Å². The Balaban J connectivity index is 1.51. The van der Waals surface area contributed by atoms with E-state index in [1.54, 1.807) is 0 Å². The Morgan fingerprint density at radius 2 is 2.00 bits per heavy atom. The number of fused-ring (bicyclic) bond motifs is 1. The van der Waals surface area contributed by atoms with Gasteiger partial charge in [-0.05, 0) is 36.7 Å². The molecule has 3 aromatic rings. The van der Waals surface area contributed by atoms with Gasteiger partial charge in [-0.15, -0.1) is 0 Å². The fourth-order valence-corrected chi connectivity index (χ4v) is 4.05. The van der Waals surface area contributed by atoms with Crippen molar-refractivity contribution in [3.8, 4) is 0 Å². The summed E-state index contributed by atoms with van der Waals surface area (Å²) < 4.78 is 0. The first-order valence-corrected chi connectivity index (χ1v) is 10.1.